The Morgan fingerprint density at radius 1 is 1.53 bits per heavy atom. The van der Waals surface area contributed by atoms with Gasteiger partial charge in [-0.3, -0.25) is 9.59 Å². The zero-order chi connectivity index (χ0) is 13.8. The predicted molar refractivity (Wildman–Crippen MR) is 70.5 cm³/mol. The molecule has 19 heavy (non-hydrogen) atoms. The van der Waals surface area contributed by atoms with Crippen molar-refractivity contribution in [3.8, 4) is 0 Å². The van der Waals surface area contributed by atoms with E-state index >= 15 is 0 Å². The molecule has 0 aliphatic rings. The first kappa shape index (κ1) is 13.1. The third-order valence-electron chi connectivity index (χ3n) is 2.86. The summed E-state index contributed by atoms with van der Waals surface area (Å²) in [7, 11) is 1.87. The minimum absolute atomic E-state index is 0.123. The van der Waals surface area contributed by atoms with Crippen LogP contribution in [0.4, 0.5) is 5.69 Å². The maximum atomic E-state index is 11.9. The van der Waals surface area contributed by atoms with Gasteiger partial charge in [0.25, 0.3) is 5.56 Å². The summed E-state index contributed by atoms with van der Waals surface area (Å²) >= 11 is 0. The van der Waals surface area contributed by atoms with Crippen LogP contribution in [-0.2, 0) is 6.54 Å². The van der Waals surface area contributed by atoms with Crippen molar-refractivity contribution in [2.24, 2.45) is 0 Å². The van der Waals surface area contributed by atoms with Crippen molar-refractivity contribution < 1.29 is 9.21 Å². The number of ketones is 1. The number of Topliss-reactive ketones (excluding diaryl/α,β-unsaturated/α-hetero) is 1. The largest absolute Gasteiger partial charge is 0.461 e. The summed E-state index contributed by atoms with van der Waals surface area (Å²) in [5.74, 6) is -0.0559. The highest BCUT2D eigenvalue weighted by molar-refractivity contribution is 5.93. The Hall–Kier alpha value is -2.37. The number of furan rings is 1. The Morgan fingerprint density at radius 3 is 2.89 bits per heavy atom. The molecule has 2 heterocycles. The van der Waals surface area contributed by atoms with Crippen LogP contribution in [0.15, 0.2) is 39.9 Å². The molecule has 0 saturated carbocycles. The van der Waals surface area contributed by atoms with Crippen LogP contribution < -0.4 is 10.5 Å². The Balaban J connectivity index is 2.18. The van der Waals surface area contributed by atoms with Gasteiger partial charge in [-0.05, 0) is 19.1 Å². The van der Waals surface area contributed by atoms with Gasteiger partial charge in [0, 0.05) is 19.7 Å². The molecule has 100 valence electrons. The number of hydrogen-bond acceptors (Lipinski definition) is 5. The SMILES string of the molecule is CCN(C)c1cnn(CC(=O)c2ccco2)c(=O)c1. The summed E-state index contributed by atoms with van der Waals surface area (Å²) in [6, 6.07) is 4.65. The maximum absolute atomic E-state index is 11.9. The minimum Gasteiger partial charge on any atom is -0.461 e. The fourth-order valence-corrected chi connectivity index (χ4v) is 1.59. The van der Waals surface area contributed by atoms with E-state index in [1.54, 1.807) is 18.3 Å². The molecular weight excluding hydrogens is 246 g/mol. The molecule has 0 aliphatic heterocycles. The second-order valence-corrected chi connectivity index (χ2v) is 4.12. The summed E-state index contributed by atoms with van der Waals surface area (Å²) in [6.45, 7) is 2.63. The second-order valence-electron chi connectivity index (χ2n) is 4.12. The van der Waals surface area contributed by atoms with E-state index in [2.05, 4.69) is 5.10 Å². The molecule has 2 aromatic heterocycles. The van der Waals surface area contributed by atoms with E-state index in [1.165, 1.54) is 12.3 Å². The molecule has 0 saturated heterocycles. The van der Waals surface area contributed by atoms with E-state index in [0.717, 1.165) is 16.9 Å². The van der Waals surface area contributed by atoms with Crippen molar-refractivity contribution in [1.82, 2.24) is 9.78 Å². The van der Waals surface area contributed by atoms with Gasteiger partial charge in [0.2, 0.25) is 5.78 Å². The van der Waals surface area contributed by atoms with Crippen molar-refractivity contribution in [3.05, 3.63) is 46.8 Å². The first-order valence-corrected chi connectivity index (χ1v) is 5.97. The molecule has 0 spiro atoms. The first-order chi connectivity index (χ1) is 9.11. The number of rotatable bonds is 5. The predicted octanol–water partition coefficient (Wildman–Crippen LogP) is 1.18. The molecule has 0 bridgehead atoms. The van der Waals surface area contributed by atoms with Gasteiger partial charge in [-0.1, -0.05) is 0 Å². The number of carbonyl (C=O) groups excluding carboxylic acids is 1. The Kier molecular flexibility index (Phi) is 3.79. The molecule has 6 heteroatoms. The lowest BCUT2D eigenvalue weighted by Crippen LogP contribution is -2.28. The van der Waals surface area contributed by atoms with Gasteiger partial charge in [0.05, 0.1) is 18.1 Å². The highest BCUT2D eigenvalue weighted by Gasteiger charge is 2.12. The third-order valence-corrected chi connectivity index (χ3v) is 2.86. The lowest BCUT2D eigenvalue weighted by Gasteiger charge is -2.16. The van der Waals surface area contributed by atoms with Crippen molar-refractivity contribution >= 4 is 11.5 Å². The number of aromatic nitrogens is 2. The van der Waals surface area contributed by atoms with E-state index in [4.69, 9.17) is 4.42 Å². The highest BCUT2D eigenvalue weighted by atomic mass is 16.3. The third kappa shape index (κ3) is 2.90. The van der Waals surface area contributed by atoms with Gasteiger partial charge in [-0.15, -0.1) is 0 Å². The minimum atomic E-state index is -0.308. The quantitative estimate of drug-likeness (QED) is 0.756. The molecule has 6 nitrogen and oxygen atoms in total. The monoisotopic (exact) mass is 261 g/mol. The van der Waals surface area contributed by atoms with Crippen molar-refractivity contribution in [2.75, 3.05) is 18.5 Å². The summed E-state index contributed by atoms with van der Waals surface area (Å²) < 4.78 is 6.11. The molecule has 0 N–H and O–H groups in total. The molecule has 0 aromatic carbocycles. The molecule has 0 amide bonds. The number of anilines is 1. The van der Waals surface area contributed by atoms with Crippen molar-refractivity contribution in [2.45, 2.75) is 13.5 Å². The zero-order valence-electron chi connectivity index (χ0n) is 10.9. The molecule has 0 aliphatic carbocycles. The van der Waals surface area contributed by atoms with Crippen LogP contribution in [0.5, 0.6) is 0 Å². The fourth-order valence-electron chi connectivity index (χ4n) is 1.59. The van der Waals surface area contributed by atoms with Crippen molar-refractivity contribution in [1.29, 1.82) is 0 Å². The van der Waals surface area contributed by atoms with Gasteiger partial charge in [0.1, 0.15) is 6.54 Å². The Bertz CT molecular complexity index is 616. The molecule has 2 rings (SSSR count). The average Bonchev–Trinajstić information content (AvgIpc) is 2.94. The van der Waals surface area contributed by atoms with Crippen LogP contribution in [0, 0.1) is 0 Å². The summed E-state index contributed by atoms with van der Waals surface area (Å²) in [5, 5.41) is 4.00. The van der Waals surface area contributed by atoms with Crippen LogP contribution in [0.3, 0.4) is 0 Å². The van der Waals surface area contributed by atoms with Crippen LogP contribution in [0.2, 0.25) is 0 Å². The summed E-state index contributed by atoms with van der Waals surface area (Å²) in [6.07, 6.45) is 2.99. The molecule has 0 fully saturated rings. The van der Waals surface area contributed by atoms with Gasteiger partial charge < -0.3 is 9.32 Å². The number of hydrogen-bond donors (Lipinski definition) is 0. The zero-order valence-corrected chi connectivity index (χ0v) is 10.9. The smallest absolute Gasteiger partial charge is 0.269 e. The molecule has 0 unspecified atom stereocenters. The van der Waals surface area contributed by atoms with Gasteiger partial charge >= 0.3 is 0 Å². The lowest BCUT2D eigenvalue weighted by molar-refractivity contribution is 0.0938. The number of carbonyl (C=O) groups is 1. The van der Waals surface area contributed by atoms with Crippen LogP contribution >= 0.6 is 0 Å². The van der Waals surface area contributed by atoms with Crippen molar-refractivity contribution in [3.63, 3.8) is 0 Å². The Labute approximate surface area is 110 Å². The van der Waals surface area contributed by atoms with E-state index in [0.29, 0.717) is 0 Å². The topological polar surface area (TPSA) is 68.3 Å². The first-order valence-electron chi connectivity index (χ1n) is 5.97. The highest BCUT2D eigenvalue weighted by Crippen LogP contribution is 2.06. The van der Waals surface area contributed by atoms with Gasteiger partial charge in [-0.2, -0.15) is 5.10 Å². The van der Waals surface area contributed by atoms with E-state index in [1.807, 2.05) is 18.9 Å². The van der Waals surface area contributed by atoms with E-state index in [-0.39, 0.29) is 23.6 Å². The average molecular weight is 261 g/mol. The van der Waals surface area contributed by atoms with Crippen LogP contribution in [-0.4, -0.2) is 29.2 Å². The summed E-state index contributed by atoms with van der Waals surface area (Å²) in [5.41, 5.74) is 0.423. The van der Waals surface area contributed by atoms with Crippen LogP contribution in [0.25, 0.3) is 0 Å². The second kappa shape index (κ2) is 5.51. The number of nitrogens with zero attached hydrogens (tertiary/aromatic N) is 3. The molecule has 2 aromatic rings. The molecular formula is C13H15N3O3. The normalized spacial score (nSPS) is 10.4. The lowest BCUT2D eigenvalue weighted by atomic mass is 10.3. The molecule has 0 atom stereocenters. The maximum Gasteiger partial charge on any atom is 0.269 e. The van der Waals surface area contributed by atoms with E-state index in [9.17, 15) is 9.59 Å². The molecule has 0 radical (unpaired) electrons. The van der Waals surface area contributed by atoms with E-state index < -0.39 is 0 Å². The van der Waals surface area contributed by atoms with Gasteiger partial charge in [0.15, 0.2) is 5.76 Å². The van der Waals surface area contributed by atoms with Gasteiger partial charge in [-0.25, -0.2) is 4.68 Å². The standard InChI is InChI=1S/C13H15N3O3/c1-3-15(2)10-7-13(18)16(14-8-10)9-11(17)12-5-4-6-19-12/h4-8H,3,9H2,1-2H3. The Morgan fingerprint density at radius 2 is 2.32 bits per heavy atom. The van der Waals surface area contributed by atoms with Crippen LogP contribution in [0.1, 0.15) is 17.5 Å². The fraction of sp³-hybridized carbons (Fsp3) is 0.308. The summed E-state index contributed by atoms with van der Waals surface area (Å²) in [4.78, 5) is 25.6.